The van der Waals surface area contributed by atoms with E-state index in [1.807, 2.05) is 24.9 Å². The Morgan fingerprint density at radius 1 is 1.23 bits per heavy atom. The van der Waals surface area contributed by atoms with E-state index in [1.54, 1.807) is 30.6 Å². The number of halogens is 2. The van der Waals surface area contributed by atoms with Gasteiger partial charge < -0.3 is 9.47 Å². The first-order valence-electron chi connectivity index (χ1n) is 7.95. The van der Waals surface area contributed by atoms with E-state index in [0.717, 1.165) is 6.54 Å². The molecule has 0 atom stereocenters. The molecule has 0 aliphatic carbocycles. The highest BCUT2D eigenvalue weighted by molar-refractivity contribution is 7.98. The van der Waals surface area contributed by atoms with E-state index in [4.69, 9.17) is 23.2 Å². The number of benzene rings is 1. The highest BCUT2D eigenvalue weighted by Gasteiger charge is 2.17. The molecule has 5 nitrogen and oxygen atoms in total. The molecule has 3 aromatic rings. The Hall–Kier alpha value is -1.60. The third-order valence-electron chi connectivity index (χ3n) is 4.00. The summed E-state index contributed by atoms with van der Waals surface area (Å²) in [5, 5.41) is 1.96. The van der Waals surface area contributed by atoms with Gasteiger partial charge >= 0.3 is 0 Å². The Labute approximate surface area is 166 Å². The molecule has 0 spiro atoms. The Morgan fingerprint density at radius 2 is 1.92 bits per heavy atom. The maximum Gasteiger partial charge on any atom is 0.200 e. The largest absolute Gasteiger partial charge is 0.330 e. The van der Waals surface area contributed by atoms with Crippen LogP contribution in [0.5, 0.6) is 0 Å². The third-order valence-corrected chi connectivity index (χ3v) is 5.19. The second-order valence-electron chi connectivity index (χ2n) is 6.06. The normalized spacial score (nSPS) is 11.5. The summed E-state index contributed by atoms with van der Waals surface area (Å²) in [7, 11) is 4.00. The summed E-state index contributed by atoms with van der Waals surface area (Å²) in [5.74, 6) is 0. The van der Waals surface area contributed by atoms with E-state index >= 15 is 0 Å². The van der Waals surface area contributed by atoms with E-state index < -0.39 is 0 Å². The van der Waals surface area contributed by atoms with Crippen molar-refractivity contribution in [2.75, 3.05) is 26.9 Å². The van der Waals surface area contributed by atoms with Crippen molar-refractivity contribution in [2.45, 2.75) is 11.7 Å². The van der Waals surface area contributed by atoms with Gasteiger partial charge in [0.15, 0.2) is 5.16 Å². The van der Waals surface area contributed by atoms with Crippen LogP contribution in [0.1, 0.15) is 0 Å². The monoisotopic (exact) mass is 408 g/mol. The summed E-state index contributed by atoms with van der Waals surface area (Å²) in [6, 6.07) is 5.21. The van der Waals surface area contributed by atoms with Gasteiger partial charge in [-0.05, 0) is 32.5 Å². The average molecular weight is 409 g/mol. The first-order chi connectivity index (χ1) is 12.4. The number of likely N-dealkylation sites (N-methyl/N-ethyl adjacent to an activating group) is 1. The summed E-state index contributed by atoms with van der Waals surface area (Å²) in [6.45, 7) is 1.47. The second-order valence-corrected chi connectivity index (χ2v) is 7.65. The number of aromatic nitrogens is 3. The summed E-state index contributed by atoms with van der Waals surface area (Å²) in [4.78, 5) is 24.0. The van der Waals surface area contributed by atoms with Gasteiger partial charge in [-0.15, -0.1) is 0 Å². The van der Waals surface area contributed by atoms with Crippen LogP contribution in [0, 0.1) is 0 Å². The van der Waals surface area contributed by atoms with Gasteiger partial charge in [-0.2, -0.15) is 0 Å². The lowest BCUT2D eigenvalue weighted by molar-refractivity contribution is 0.386. The zero-order valence-electron chi connectivity index (χ0n) is 14.7. The van der Waals surface area contributed by atoms with Crippen LogP contribution in [0.25, 0.3) is 22.2 Å². The highest BCUT2D eigenvalue weighted by Crippen LogP contribution is 2.33. The lowest BCUT2D eigenvalue weighted by atomic mass is 10.1. The SMILES string of the molecule is CSc1ncc2c(=O)c(-c3c(Cl)cccc3Cl)cn(CCN(C)C)c2n1. The molecule has 8 heteroatoms. The number of thioether (sulfide) groups is 1. The fourth-order valence-corrected chi connectivity index (χ4v) is 3.60. The topological polar surface area (TPSA) is 51.0 Å². The minimum Gasteiger partial charge on any atom is -0.330 e. The predicted octanol–water partition coefficient (Wildman–Crippen LogP) is 4.05. The van der Waals surface area contributed by atoms with Crippen molar-refractivity contribution >= 4 is 46.0 Å². The summed E-state index contributed by atoms with van der Waals surface area (Å²) >= 11 is 14.1. The summed E-state index contributed by atoms with van der Waals surface area (Å²) in [6.07, 6.45) is 5.27. The molecule has 0 radical (unpaired) electrons. The van der Waals surface area contributed by atoms with Crippen molar-refractivity contribution < 1.29 is 0 Å². The smallest absolute Gasteiger partial charge is 0.200 e. The fraction of sp³-hybridized carbons (Fsp3) is 0.278. The van der Waals surface area contributed by atoms with Gasteiger partial charge in [-0.1, -0.05) is 41.0 Å². The molecule has 0 saturated heterocycles. The lowest BCUT2D eigenvalue weighted by Gasteiger charge is -2.16. The van der Waals surface area contributed by atoms with Crippen molar-refractivity contribution in [1.82, 2.24) is 19.4 Å². The molecule has 2 aromatic heterocycles. The molecule has 0 N–H and O–H groups in total. The molecule has 26 heavy (non-hydrogen) atoms. The second kappa shape index (κ2) is 7.96. The van der Waals surface area contributed by atoms with Crippen molar-refractivity contribution in [2.24, 2.45) is 0 Å². The molecule has 136 valence electrons. The van der Waals surface area contributed by atoms with Crippen molar-refractivity contribution in [3.63, 3.8) is 0 Å². The molecule has 3 rings (SSSR count). The molecular weight excluding hydrogens is 391 g/mol. The van der Waals surface area contributed by atoms with E-state index in [-0.39, 0.29) is 5.43 Å². The van der Waals surface area contributed by atoms with E-state index in [0.29, 0.717) is 43.9 Å². The predicted molar refractivity (Wildman–Crippen MR) is 110 cm³/mol. The van der Waals surface area contributed by atoms with Crippen molar-refractivity contribution in [3.8, 4) is 11.1 Å². The van der Waals surface area contributed by atoms with Gasteiger partial charge in [-0.25, -0.2) is 9.97 Å². The molecule has 2 heterocycles. The Balaban J connectivity index is 2.31. The number of hydrogen-bond donors (Lipinski definition) is 0. The maximum absolute atomic E-state index is 13.1. The standard InChI is InChI=1S/C18H18Cl2N4OS/c1-23(2)7-8-24-10-12(15-13(19)5-4-6-14(15)20)16(25)11-9-21-18(26-3)22-17(11)24/h4-6,9-10H,7-8H2,1-3H3. The van der Waals surface area contributed by atoms with Crippen LogP contribution in [0.3, 0.4) is 0 Å². The number of fused-ring (bicyclic) bond motifs is 1. The van der Waals surface area contributed by atoms with Gasteiger partial charge in [0.2, 0.25) is 5.43 Å². The number of rotatable bonds is 5. The van der Waals surface area contributed by atoms with Crippen LogP contribution >= 0.6 is 35.0 Å². The molecule has 0 amide bonds. The van der Waals surface area contributed by atoms with Gasteiger partial charge in [0.05, 0.1) is 15.4 Å². The van der Waals surface area contributed by atoms with Crippen LogP contribution in [0.2, 0.25) is 10.0 Å². The molecule has 0 fully saturated rings. The fourth-order valence-electron chi connectivity index (χ4n) is 2.67. The van der Waals surface area contributed by atoms with Gasteiger partial charge in [0.1, 0.15) is 5.65 Å². The van der Waals surface area contributed by atoms with Crippen molar-refractivity contribution in [1.29, 1.82) is 0 Å². The maximum atomic E-state index is 13.1. The molecular formula is C18H18Cl2N4OS. The number of hydrogen-bond acceptors (Lipinski definition) is 5. The summed E-state index contributed by atoms with van der Waals surface area (Å²) < 4.78 is 1.97. The summed E-state index contributed by atoms with van der Waals surface area (Å²) in [5.41, 5.74) is 1.43. The highest BCUT2D eigenvalue weighted by atomic mass is 35.5. The molecule has 0 bridgehead atoms. The molecule has 0 aliphatic heterocycles. The molecule has 0 saturated carbocycles. The van der Waals surface area contributed by atoms with Crippen molar-refractivity contribution in [3.05, 3.63) is 50.9 Å². The van der Waals surface area contributed by atoms with E-state index in [9.17, 15) is 4.79 Å². The van der Waals surface area contributed by atoms with Crippen LogP contribution in [-0.2, 0) is 6.54 Å². The van der Waals surface area contributed by atoms with Gasteiger partial charge in [0.25, 0.3) is 0 Å². The Bertz CT molecular complexity index is 1000. The Kier molecular flexibility index (Phi) is 5.87. The zero-order valence-corrected chi connectivity index (χ0v) is 17.0. The minimum absolute atomic E-state index is 0.177. The first kappa shape index (κ1) is 19.2. The molecule has 1 aromatic carbocycles. The van der Waals surface area contributed by atoms with E-state index in [1.165, 1.54) is 11.8 Å². The van der Waals surface area contributed by atoms with Crippen LogP contribution in [0.15, 0.2) is 40.5 Å². The molecule has 0 aliphatic rings. The minimum atomic E-state index is -0.177. The van der Waals surface area contributed by atoms with E-state index in [2.05, 4.69) is 14.9 Å². The quantitative estimate of drug-likeness (QED) is 0.470. The van der Waals surface area contributed by atoms with Gasteiger partial charge in [-0.3, -0.25) is 4.79 Å². The number of pyridine rings is 1. The van der Waals surface area contributed by atoms with Crippen LogP contribution in [0.4, 0.5) is 0 Å². The van der Waals surface area contributed by atoms with Crippen LogP contribution < -0.4 is 5.43 Å². The molecule has 0 unspecified atom stereocenters. The van der Waals surface area contributed by atoms with Crippen LogP contribution in [-0.4, -0.2) is 46.3 Å². The van der Waals surface area contributed by atoms with Gasteiger partial charge in [0, 0.05) is 36.6 Å². The third kappa shape index (κ3) is 3.74. The Morgan fingerprint density at radius 3 is 2.54 bits per heavy atom. The first-order valence-corrected chi connectivity index (χ1v) is 9.93. The number of nitrogens with zero attached hydrogens (tertiary/aromatic N) is 4. The lowest BCUT2D eigenvalue weighted by Crippen LogP contribution is -2.21. The average Bonchev–Trinajstić information content (AvgIpc) is 2.61. The zero-order chi connectivity index (χ0) is 18.8.